The quantitative estimate of drug-likeness (QED) is 0.759. The Morgan fingerprint density at radius 1 is 1.31 bits per heavy atom. The number of rotatable bonds is 2. The number of nitrogens with zero attached hydrogens (tertiary/aromatic N) is 2. The summed E-state index contributed by atoms with van der Waals surface area (Å²) in [5.41, 5.74) is 1.05. The van der Waals surface area contributed by atoms with Crippen LogP contribution in [0.15, 0.2) is 24.4 Å². The van der Waals surface area contributed by atoms with Gasteiger partial charge in [-0.3, -0.25) is 9.78 Å². The number of hydrogen-bond acceptors (Lipinski definition) is 2. The molecule has 3 heteroatoms. The molecule has 0 spiro atoms. The van der Waals surface area contributed by atoms with E-state index in [1.54, 1.807) is 0 Å². The van der Waals surface area contributed by atoms with E-state index >= 15 is 0 Å². The standard InChI is InChI=1S/C13H16N2O/c16-13(10-6-7-10)15-9-3-5-12(15)11-4-1-2-8-14-11/h1-2,4,8,10,12H,3,5-7,9H2. The van der Waals surface area contributed by atoms with Crippen LogP contribution >= 0.6 is 0 Å². The fourth-order valence-electron chi connectivity index (χ4n) is 2.48. The molecule has 1 saturated carbocycles. The summed E-state index contributed by atoms with van der Waals surface area (Å²) >= 11 is 0. The SMILES string of the molecule is O=C(C1CC1)N1CCCC1c1ccccn1. The molecule has 2 heterocycles. The Morgan fingerprint density at radius 3 is 2.88 bits per heavy atom. The number of aromatic nitrogens is 1. The van der Waals surface area contributed by atoms with Gasteiger partial charge in [-0.2, -0.15) is 0 Å². The van der Waals surface area contributed by atoms with E-state index in [0.29, 0.717) is 11.8 Å². The van der Waals surface area contributed by atoms with E-state index in [4.69, 9.17) is 0 Å². The normalized spacial score (nSPS) is 24.8. The van der Waals surface area contributed by atoms with E-state index < -0.39 is 0 Å². The maximum Gasteiger partial charge on any atom is 0.226 e. The van der Waals surface area contributed by atoms with Crippen molar-refractivity contribution in [2.75, 3.05) is 6.54 Å². The van der Waals surface area contributed by atoms with Crippen LogP contribution in [0.3, 0.4) is 0 Å². The zero-order chi connectivity index (χ0) is 11.0. The number of hydrogen-bond donors (Lipinski definition) is 0. The van der Waals surface area contributed by atoms with Crippen LogP contribution in [0, 0.1) is 5.92 Å². The van der Waals surface area contributed by atoms with Gasteiger partial charge in [-0.1, -0.05) is 6.07 Å². The van der Waals surface area contributed by atoms with E-state index in [-0.39, 0.29) is 6.04 Å². The molecule has 1 atom stereocenters. The highest BCUT2D eigenvalue weighted by atomic mass is 16.2. The summed E-state index contributed by atoms with van der Waals surface area (Å²) in [6.07, 6.45) is 6.16. The Balaban J connectivity index is 1.81. The molecule has 1 aliphatic carbocycles. The third-order valence-corrected chi connectivity index (χ3v) is 3.49. The molecule has 0 N–H and O–H groups in total. The molecule has 0 bridgehead atoms. The highest BCUT2D eigenvalue weighted by molar-refractivity contribution is 5.81. The fraction of sp³-hybridized carbons (Fsp3) is 0.538. The second-order valence-electron chi connectivity index (χ2n) is 4.72. The van der Waals surface area contributed by atoms with Crippen molar-refractivity contribution in [2.45, 2.75) is 31.7 Å². The fourth-order valence-corrected chi connectivity index (χ4v) is 2.48. The number of carbonyl (C=O) groups excluding carboxylic acids is 1. The number of carbonyl (C=O) groups is 1. The average molecular weight is 216 g/mol. The molecular formula is C13H16N2O. The van der Waals surface area contributed by atoms with Gasteiger partial charge in [-0.25, -0.2) is 0 Å². The third kappa shape index (κ3) is 1.70. The Bertz CT molecular complexity index is 386. The van der Waals surface area contributed by atoms with E-state index in [1.807, 2.05) is 29.3 Å². The lowest BCUT2D eigenvalue weighted by Crippen LogP contribution is -2.32. The van der Waals surface area contributed by atoms with Crippen molar-refractivity contribution in [1.29, 1.82) is 0 Å². The van der Waals surface area contributed by atoms with Crippen molar-refractivity contribution < 1.29 is 4.79 Å². The molecule has 1 amide bonds. The topological polar surface area (TPSA) is 33.2 Å². The van der Waals surface area contributed by atoms with Crippen LogP contribution in [0.2, 0.25) is 0 Å². The third-order valence-electron chi connectivity index (χ3n) is 3.49. The monoisotopic (exact) mass is 216 g/mol. The largest absolute Gasteiger partial charge is 0.334 e. The molecule has 1 aromatic rings. The Kier molecular flexibility index (Phi) is 2.39. The van der Waals surface area contributed by atoms with Gasteiger partial charge in [0.1, 0.15) is 0 Å². The lowest BCUT2D eigenvalue weighted by Gasteiger charge is -2.24. The molecule has 84 valence electrons. The van der Waals surface area contributed by atoms with Crippen LogP contribution in [0.25, 0.3) is 0 Å². The number of likely N-dealkylation sites (tertiary alicyclic amines) is 1. The van der Waals surface area contributed by atoms with Crippen LogP contribution in [0.5, 0.6) is 0 Å². The minimum atomic E-state index is 0.231. The highest BCUT2D eigenvalue weighted by Gasteiger charge is 2.39. The van der Waals surface area contributed by atoms with Crippen molar-refractivity contribution in [3.63, 3.8) is 0 Å². The Labute approximate surface area is 95.5 Å². The summed E-state index contributed by atoms with van der Waals surface area (Å²) in [5, 5.41) is 0. The van der Waals surface area contributed by atoms with Gasteiger partial charge < -0.3 is 4.90 Å². The number of pyridine rings is 1. The Morgan fingerprint density at radius 2 is 2.19 bits per heavy atom. The lowest BCUT2D eigenvalue weighted by atomic mass is 10.1. The molecule has 0 radical (unpaired) electrons. The molecule has 16 heavy (non-hydrogen) atoms. The van der Waals surface area contributed by atoms with Gasteiger partial charge in [0.25, 0.3) is 0 Å². The predicted molar refractivity (Wildman–Crippen MR) is 60.6 cm³/mol. The molecule has 2 aliphatic rings. The summed E-state index contributed by atoms with van der Waals surface area (Å²) in [6, 6.07) is 6.18. The molecule has 3 rings (SSSR count). The summed E-state index contributed by atoms with van der Waals surface area (Å²) in [5.74, 6) is 0.678. The van der Waals surface area contributed by atoms with Gasteiger partial charge in [0, 0.05) is 18.7 Å². The number of amides is 1. The van der Waals surface area contributed by atoms with Crippen LogP contribution < -0.4 is 0 Å². The van der Waals surface area contributed by atoms with Crippen molar-refractivity contribution >= 4 is 5.91 Å². The van der Waals surface area contributed by atoms with Crippen molar-refractivity contribution in [1.82, 2.24) is 9.88 Å². The first kappa shape index (κ1) is 9.82. The van der Waals surface area contributed by atoms with Gasteiger partial charge in [-0.05, 0) is 37.8 Å². The molecule has 0 aromatic carbocycles. The zero-order valence-electron chi connectivity index (χ0n) is 9.30. The summed E-state index contributed by atoms with van der Waals surface area (Å²) < 4.78 is 0. The smallest absolute Gasteiger partial charge is 0.226 e. The summed E-state index contributed by atoms with van der Waals surface area (Å²) in [7, 11) is 0. The molecule has 1 unspecified atom stereocenters. The Hall–Kier alpha value is -1.38. The van der Waals surface area contributed by atoms with Crippen molar-refractivity contribution in [3.8, 4) is 0 Å². The van der Waals surface area contributed by atoms with E-state index in [0.717, 1.165) is 37.9 Å². The summed E-state index contributed by atoms with van der Waals surface area (Å²) in [4.78, 5) is 18.5. The first-order valence-electron chi connectivity index (χ1n) is 6.07. The van der Waals surface area contributed by atoms with Crippen LogP contribution in [-0.2, 0) is 4.79 Å². The van der Waals surface area contributed by atoms with Crippen LogP contribution in [-0.4, -0.2) is 22.3 Å². The maximum absolute atomic E-state index is 12.1. The molecule has 3 nitrogen and oxygen atoms in total. The second kappa shape index (κ2) is 3.89. The molecule has 1 aliphatic heterocycles. The van der Waals surface area contributed by atoms with Gasteiger partial charge in [0.2, 0.25) is 5.91 Å². The first-order valence-corrected chi connectivity index (χ1v) is 6.07. The van der Waals surface area contributed by atoms with Crippen LogP contribution in [0.1, 0.15) is 37.4 Å². The van der Waals surface area contributed by atoms with Crippen LogP contribution in [0.4, 0.5) is 0 Å². The molecule has 1 aromatic heterocycles. The first-order chi connectivity index (χ1) is 7.86. The maximum atomic E-state index is 12.1. The van der Waals surface area contributed by atoms with Gasteiger partial charge in [-0.15, -0.1) is 0 Å². The summed E-state index contributed by atoms with van der Waals surface area (Å²) in [6.45, 7) is 0.913. The molecular weight excluding hydrogens is 200 g/mol. The van der Waals surface area contributed by atoms with Gasteiger partial charge in [0.15, 0.2) is 0 Å². The lowest BCUT2D eigenvalue weighted by molar-refractivity contribution is -0.133. The molecule has 1 saturated heterocycles. The average Bonchev–Trinajstić information content (AvgIpc) is 3.06. The molecule has 2 fully saturated rings. The van der Waals surface area contributed by atoms with Gasteiger partial charge in [0.05, 0.1) is 11.7 Å². The van der Waals surface area contributed by atoms with E-state index in [1.165, 1.54) is 0 Å². The van der Waals surface area contributed by atoms with E-state index in [2.05, 4.69) is 4.98 Å². The van der Waals surface area contributed by atoms with Gasteiger partial charge >= 0.3 is 0 Å². The zero-order valence-corrected chi connectivity index (χ0v) is 9.30. The minimum Gasteiger partial charge on any atom is -0.334 e. The predicted octanol–water partition coefficient (Wildman–Crippen LogP) is 2.16. The van der Waals surface area contributed by atoms with Crippen molar-refractivity contribution in [2.24, 2.45) is 5.92 Å². The minimum absolute atomic E-state index is 0.231. The van der Waals surface area contributed by atoms with Crippen molar-refractivity contribution in [3.05, 3.63) is 30.1 Å². The highest BCUT2D eigenvalue weighted by Crippen LogP contribution is 2.37. The second-order valence-corrected chi connectivity index (χ2v) is 4.72. The van der Waals surface area contributed by atoms with E-state index in [9.17, 15) is 4.79 Å².